The van der Waals surface area contributed by atoms with E-state index in [1.807, 2.05) is 24.0 Å². The predicted octanol–water partition coefficient (Wildman–Crippen LogP) is 1.78. The minimum atomic E-state index is -0.576. The Morgan fingerprint density at radius 2 is 1.93 bits per heavy atom. The number of amides is 1. The molecule has 1 aliphatic heterocycles. The van der Waals surface area contributed by atoms with Crippen LogP contribution in [0.2, 0.25) is 10.0 Å². The second-order valence-electron chi connectivity index (χ2n) is 6.81. The first kappa shape index (κ1) is 22.8. The van der Waals surface area contributed by atoms with Gasteiger partial charge in [-0.1, -0.05) is 42.3 Å². The van der Waals surface area contributed by atoms with Crippen LogP contribution >= 0.6 is 23.2 Å². The summed E-state index contributed by atoms with van der Waals surface area (Å²) in [6, 6.07) is 10.9. The Kier molecular flexibility index (Phi) is 8.02. The summed E-state index contributed by atoms with van der Waals surface area (Å²) in [5.41, 5.74) is 3.20. The van der Waals surface area contributed by atoms with Crippen molar-refractivity contribution in [3.8, 4) is 5.75 Å². The number of nitrogens with zero attached hydrogens (tertiary/aromatic N) is 1. The number of rotatable bonds is 7. The van der Waals surface area contributed by atoms with Crippen LogP contribution in [0, 0.1) is 13.8 Å². The van der Waals surface area contributed by atoms with E-state index in [1.165, 1.54) is 0 Å². The molecule has 1 aliphatic rings. The van der Waals surface area contributed by atoms with E-state index in [2.05, 4.69) is 25.2 Å². The van der Waals surface area contributed by atoms with E-state index in [1.54, 1.807) is 18.2 Å². The highest BCUT2D eigenvalue weighted by atomic mass is 35.5. The van der Waals surface area contributed by atoms with Crippen LogP contribution in [0.1, 0.15) is 24.5 Å². The van der Waals surface area contributed by atoms with Crippen LogP contribution in [-0.4, -0.2) is 31.1 Å². The lowest BCUT2D eigenvalue weighted by Crippen LogP contribution is -3.00. The molecule has 1 N–H and O–H groups in total. The molecular formula is C21H24Cl3N2O2-. The monoisotopic (exact) mass is 441 g/mol. The highest BCUT2D eigenvalue weighted by Gasteiger charge is 2.50. The van der Waals surface area contributed by atoms with Crippen LogP contribution in [0.4, 0.5) is 5.69 Å². The molecule has 0 spiro atoms. The lowest BCUT2D eigenvalue weighted by Gasteiger charge is -2.47. The maximum Gasteiger partial charge on any atom is 0.270 e. The standard InChI is InChI=1S/C21H24Cl2N2O2.ClH/c1-4-10-24-12-18-20(27-19-9-8-15(22)11-16(19)23)21(26)25(18)17-7-5-6-13(2)14(17)3;/h5-9,11,18,20,24H,4,10,12H2,1-3H3;1H/p-1. The minimum absolute atomic E-state index is 0. The average Bonchev–Trinajstić information content (AvgIpc) is 2.63. The summed E-state index contributed by atoms with van der Waals surface area (Å²) < 4.78 is 5.99. The summed E-state index contributed by atoms with van der Waals surface area (Å²) in [5.74, 6) is 0.415. The molecule has 1 amide bonds. The Bertz CT molecular complexity index is 844. The van der Waals surface area contributed by atoms with E-state index in [-0.39, 0.29) is 24.4 Å². The molecule has 7 heteroatoms. The van der Waals surface area contributed by atoms with Crippen LogP contribution in [0.3, 0.4) is 0 Å². The van der Waals surface area contributed by atoms with Crippen molar-refractivity contribution in [2.45, 2.75) is 39.3 Å². The molecule has 0 bridgehead atoms. The van der Waals surface area contributed by atoms with Crippen LogP contribution in [0.5, 0.6) is 5.75 Å². The Morgan fingerprint density at radius 3 is 2.61 bits per heavy atom. The highest BCUT2D eigenvalue weighted by molar-refractivity contribution is 6.35. The van der Waals surface area contributed by atoms with Gasteiger partial charge in [0, 0.05) is 17.3 Å². The number of hydrogen-bond acceptors (Lipinski definition) is 3. The van der Waals surface area contributed by atoms with Gasteiger partial charge >= 0.3 is 0 Å². The van der Waals surface area contributed by atoms with Crippen molar-refractivity contribution in [3.63, 3.8) is 0 Å². The number of ether oxygens (including phenoxy) is 1. The molecule has 0 radical (unpaired) electrons. The molecule has 2 aromatic carbocycles. The molecule has 0 saturated carbocycles. The molecule has 4 nitrogen and oxygen atoms in total. The Balaban J connectivity index is 0.00000280. The minimum Gasteiger partial charge on any atom is -1.00 e. The van der Waals surface area contributed by atoms with Gasteiger partial charge in [-0.3, -0.25) is 4.79 Å². The van der Waals surface area contributed by atoms with Gasteiger partial charge in [0.1, 0.15) is 5.75 Å². The number of β-lactam (4-membered cyclic amide) rings is 1. The zero-order chi connectivity index (χ0) is 19.6. The van der Waals surface area contributed by atoms with Gasteiger partial charge in [0.15, 0.2) is 6.10 Å². The number of carbonyl (C=O) groups is 1. The molecule has 0 aromatic heterocycles. The van der Waals surface area contributed by atoms with Gasteiger partial charge in [0.05, 0.1) is 11.1 Å². The van der Waals surface area contributed by atoms with E-state index >= 15 is 0 Å². The molecule has 2 aromatic rings. The lowest BCUT2D eigenvalue weighted by molar-refractivity contribution is -0.134. The van der Waals surface area contributed by atoms with Crippen molar-refractivity contribution in [2.75, 3.05) is 18.0 Å². The molecule has 2 atom stereocenters. The van der Waals surface area contributed by atoms with E-state index < -0.39 is 6.10 Å². The van der Waals surface area contributed by atoms with E-state index in [4.69, 9.17) is 27.9 Å². The number of benzene rings is 2. The number of nitrogens with one attached hydrogen (secondary N) is 1. The van der Waals surface area contributed by atoms with Gasteiger partial charge in [0.25, 0.3) is 5.91 Å². The van der Waals surface area contributed by atoms with Crippen LogP contribution < -0.4 is 27.4 Å². The van der Waals surface area contributed by atoms with E-state index in [0.29, 0.717) is 22.3 Å². The number of anilines is 1. The topological polar surface area (TPSA) is 41.6 Å². The smallest absolute Gasteiger partial charge is 0.270 e. The third-order valence-corrected chi connectivity index (χ3v) is 5.46. The third kappa shape index (κ3) is 4.57. The predicted molar refractivity (Wildman–Crippen MR) is 111 cm³/mol. The highest BCUT2D eigenvalue weighted by Crippen LogP contribution is 2.36. The fraction of sp³-hybridized carbons (Fsp3) is 0.381. The molecule has 28 heavy (non-hydrogen) atoms. The summed E-state index contributed by atoms with van der Waals surface area (Å²) in [4.78, 5) is 14.8. The van der Waals surface area contributed by atoms with Gasteiger partial charge < -0.3 is 27.4 Å². The Labute approximate surface area is 182 Å². The quantitative estimate of drug-likeness (QED) is 0.525. The molecule has 1 saturated heterocycles. The first-order chi connectivity index (χ1) is 12.9. The molecule has 1 heterocycles. The fourth-order valence-electron chi connectivity index (χ4n) is 3.27. The molecule has 1 fully saturated rings. The van der Waals surface area contributed by atoms with Crippen molar-refractivity contribution in [3.05, 3.63) is 57.6 Å². The normalized spacial score (nSPS) is 18.5. The summed E-state index contributed by atoms with van der Waals surface area (Å²) in [6.07, 6.45) is 0.450. The maximum atomic E-state index is 13.0. The molecule has 0 aliphatic carbocycles. The number of halogens is 3. The summed E-state index contributed by atoms with van der Waals surface area (Å²) in [6.45, 7) is 7.75. The fourth-order valence-corrected chi connectivity index (χ4v) is 3.73. The average molecular weight is 443 g/mol. The Hall–Kier alpha value is -1.46. The first-order valence-corrected chi connectivity index (χ1v) is 9.91. The Morgan fingerprint density at radius 1 is 1.18 bits per heavy atom. The maximum absolute atomic E-state index is 13.0. The van der Waals surface area contributed by atoms with E-state index in [0.717, 1.165) is 29.8 Å². The lowest BCUT2D eigenvalue weighted by atomic mass is 9.94. The number of carbonyl (C=O) groups excluding carboxylic acids is 1. The van der Waals surface area contributed by atoms with E-state index in [9.17, 15) is 4.79 Å². The molecule has 152 valence electrons. The van der Waals surface area contributed by atoms with Crippen molar-refractivity contribution in [1.29, 1.82) is 0 Å². The molecular weight excluding hydrogens is 419 g/mol. The van der Waals surface area contributed by atoms with Crippen molar-refractivity contribution >= 4 is 34.8 Å². The third-order valence-electron chi connectivity index (χ3n) is 4.93. The van der Waals surface area contributed by atoms with Crippen LogP contribution in [0.15, 0.2) is 36.4 Å². The van der Waals surface area contributed by atoms with Crippen molar-refractivity contribution in [1.82, 2.24) is 5.32 Å². The zero-order valence-corrected chi connectivity index (χ0v) is 18.4. The van der Waals surface area contributed by atoms with Gasteiger partial charge in [-0.15, -0.1) is 0 Å². The summed E-state index contributed by atoms with van der Waals surface area (Å²) in [5, 5.41) is 4.34. The first-order valence-electron chi connectivity index (χ1n) is 9.15. The summed E-state index contributed by atoms with van der Waals surface area (Å²) in [7, 11) is 0. The molecule has 2 unspecified atom stereocenters. The van der Waals surface area contributed by atoms with Crippen molar-refractivity contribution < 1.29 is 21.9 Å². The second-order valence-corrected chi connectivity index (χ2v) is 7.66. The molecule has 3 rings (SSSR count). The number of hydrogen-bond donors (Lipinski definition) is 1. The second kappa shape index (κ2) is 9.84. The zero-order valence-electron chi connectivity index (χ0n) is 16.1. The van der Waals surface area contributed by atoms with Crippen LogP contribution in [0.25, 0.3) is 0 Å². The summed E-state index contributed by atoms with van der Waals surface area (Å²) >= 11 is 12.2. The van der Waals surface area contributed by atoms with Gasteiger partial charge in [0.2, 0.25) is 0 Å². The van der Waals surface area contributed by atoms with Gasteiger partial charge in [-0.25, -0.2) is 0 Å². The van der Waals surface area contributed by atoms with Gasteiger partial charge in [-0.05, 0) is 62.2 Å². The SMILES string of the molecule is CCCNCC1C(Oc2ccc(Cl)cc2Cl)C(=O)N1c1cccc(C)c1C.[Cl-]. The van der Waals surface area contributed by atoms with Gasteiger partial charge in [-0.2, -0.15) is 0 Å². The number of aryl methyl sites for hydroxylation is 1. The largest absolute Gasteiger partial charge is 1.00 e. The van der Waals surface area contributed by atoms with Crippen LogP contribution in [-0.2, 0) is 4.79 Å². The van der Waals surface area contributed by atoms with Crippen molar-refractivity contribution in [2.24, 2.45) is 0 Å².